The van der Waals surface area contributed by atoms with Gasteiger partial charge in [-0.2, -0.15) is 0 Å². The summed E-state index contributed by atoms with van der Waals surface area (Å²) in [5, 5.41) is 22.7. The minimum atomic E-state index is -0.837. The van der Waals surface area contributed by atoms with Crippen molar-refractivity contribution in [2.24, 2.45) is 11.7 Å². The molecule has 5 aliphatic rings. The molecule has 1 unspecified atom stereocenters. The number of aliphatic hydroxyl groups is 1. The molecule has 2 bridgehead atoms. The molecule has 0 radical (unpaired) electrons. The summed E-state index contributed by atoms with van der Waals surface area (Å²) in [6.07, 6.45) is 5.81. The zero-order valence-corrected chi connectivity index (χ0v) is 15.4. The maximum atomic E-state index is 12.2. The van der Waals surface area contributed by atoms with Crippen molar-refractivity contribution in [3.05, 3.63) is 23.3 Å². The number of phenolic OH excluding ortho intramolecular Hbond substituents is 1. The molecule has 0 amide bonds. The Kier molecular flexibility index (Phi) is 2.76. The first-order valence-electron chi connectivity index (χ1n) is 10.2. The topological polar surface area (TPSA) is 79.0 Å². The van der Waals surface area contributed by atoms with E-state index in [1.54, 1.807) is 6.07 Å². The van der Waals surface area contributed by atoms with Crippen molar-refractivity contribution in [1.82, 2.24) is 4.90 Å². The van der Waals surface area contributed by atoms with E-state index in [4.69, 9.17) is 10.5 Å². The fourth-order valence-electron chi connectivity index (χ4n) is 6.97. The van der Waals surface area contributed by atoms with Crippen molar-refractivity contribution in [3.8, 4) is 11.5 Å². The number of likely N-dealkylation sites (tertiary alicyclic amines) is 1. The highest BCUT2D eigenvalue weighted by atomic mass is 16.5. The van der Waals surface area contributed by atoms with Crippen molar-refractivity contribution < 1.29 is 14.9 Å². The van der Waals surface area contributed by atoms with Crippen LogP contribution in [0.15, 0.2) is 12.1 Å². The number of ether oxygens (including phenoxy) is 1. The lowest BCUT2D eigenvalue weighted by atomic mass is 9.44. The number of nitrogens with zero attached hydrogens (tertiary/aromatic N) is 1. The molecule has 0 aromatic heterocycles. The van der Waals surface area contributed by atoms with Crippen LogP contribution in [0.25, 0.3) is 0 Å². The Morgan fingerprint density at radius 2 is 2.08 bits per heavy atom. The van der Waals surface area contributed by atoms with Crippen LogP contribution in [-0.2, 0) is 11.8 Å². The summed E-state index contributed by atoms with van der Waals surface area (Å²) in [4.78, 5) is 2.55. The van der Waals surface area contributed by atoms with E-state index in [2.05, 4.69) is 11.8 Å². The SMILES string of the molecule is C[C@@]12Oc3c(O)ccc4c3[C@@]13CCN(CC1CC1)[C@H](C4)C3(O)CC[C@@H]2N. The van der Waals surface area contributed by atoms with E-state index in [9.17, 15) is 10.2 Å². The summed E-state index contributed by atoms with van der Waals surface area (Å²) in [6, 6.07) is 3.77. The largest absolute Gasteiger partial charge is 0.504 e. The molecule has 1 saturated heterocycles. The molecule has 26 heavy (non-hydrogen) atoms. The second-order valence-corrected chi connectivity index (χ2v) is 9.54. The molecule has 1 spiro atoms. The average Bonchev–Trinajstić information content (AvgIpc) is 3.36. The molecule has 5 nitrogen and oxygen atoms in total. The van der Waals surface area contributed by atoms with Gasteiger partial charge in [-0.15, -0.1) is 0 Å². The first-order valence-corrected chi connectivity index (χ1v) is 10.2. The smallest absolute Gasteiger partial charge is 0.166 e. The third-order valence-electron chi connectivity index (χ3n) is 8.46. The highest BCUT2D eigenvalue weighted by Gasteiger charge is 2.77. The molecule has 3 fully saturated rings. The number of phenols is 1. The third-order valence-corrected chi connectivity index (χ3v) is 8.46. The van der Waals surface area contributed by atoms with E-state index in [0.29, 0.717) is 12.2 Å². The maximum Gasteiger partial charge on any atom is 0.166 e. The molecule has 2 saturated carbocycles. The van der Waals surface area contributed by atoms with E-state index in [-0.39, 0.29) is 17.8 Å². The van der Waals surface area contributed by atoms with Crippen molar-refractivity contribution in [1.29, 1.82) is 0 Å². The van der Waals surface area contributed by atoms with Gasteiger partial charge in [0.1, 0.15) is 5.60 Å². The average molecular weight is 356 g/mol. The molecule has 5 atom stereocenters. The van der Waals surface area contributed by atoms with Crippen LogP contribution in [0.3, 0.4) is 0 Å². The first-order chi connectivity index (χ1) is 12.4. The van der Waals surface area contributed by atoms with E-state index in [1.807, 2.05) is 6.07 Å². The number of benzene rings is 1. The third kappa shape index (κ3) is 1.53. The van der Waals surface area contributed by atoms with Crippen LogP contribution in [0, 0.1) is 5.92 Å². The summed E-state index contributed by atoms with van der Waals surface area (Å²) < 4.78 is 6.45. The minimum Gasteiger partial charge on any atom is -0.504 e. The molecule has 6 rings (SSSR count). The van der Waals surface area contributed by atoms with Crippen molar-refractivity contribution >= 4 is 0 Å². The number of aromatic hydroxyl groups is 1. The molecular formula is C21H28N2O3. The number of piperidine rings is 1. The molecule has 140 valence electrons. The van der Waals surface area contributed by atoms with Gasteiger partial charge in [-0.1, -0.05) is 6.07 Å². The predicted octanol–water partition coefficient (Wildman–Crippen LogP) is 1.67. The Balaban J connectivity index is 1.60. The van der Waals surface area contributed by atoms with Crippen molar-refractivity contribution in [3.63, 3.8) is 0 Å². The van der Waals surface area contributed by atoms with Gasteiger partial charge in [-0.25, -0.2) is 0 Å². The van der Waals surface area contributed by atoms with Crippen LogP contribution in [0.5, 0.6) is 11.5 Å². The monoisotopic (exact) mass is 356 g/mol. The minimum absolute atomic E-state index is 0.121. The van der Waals surface area contributed by atoms with Crippen LogP contribution in [0.2, 0.25) is 0 Å². The standard InChI is InChI=1S/C21H28N2O3/c1-19-15(22)6-7-21(25)16-10-13-4-5-14(24)18(26-19)17(13)20(19,21)8-9-23(16)11-12-2-3-12/h4-5,12,15-16,24-25H,2-3,6-11,22H2,1H3/t15-,16+,19-,20-,21?/m0/s1. The predicted molar refractivity (Wildman–Crippen MR) is 97.4 cm³/mol. The molecule has 3 aliphatic carbocycles. The molecule has 4 N–H and O–H groups in total. The molecule has 2 heterocycles. The number of hydrogen-bond acceptors (Lipinski definition) is 5. The highest BCUT2D eigenvalue weighted by Crippen LogP contribution is 2.69. The Hall–Kier alpha value is -1.30. The van der Waals surface area contributed by atoms with Crippen LogP contribution < -0.4 is 10.5 Å². The zero-order chi connectivity index (χ0) is 17.9. The number of rotatable bonds is 2. The quantitative estimate of drug-likeness (QED) is 0.751. The van der Waals surface area contributed by atoms with Gasteiger partial charge in [0.25, 0.3) is 0 Å². The maximum absolute atomic E-state index is 12.2. The van der Waals surface area contributed by atoms with Gasteiger partial charge < -0.3 is 20.7 Å². The highest BCUT2D eigenvalue weighted by molar-refractivity contribution is 5.64. The Labute approximate surface area is 154 Å². The summed E-state index contributed by atoms with van der Waals surface area (Å²) in [6.45, 7) is 4.15. The van der Waals surface area contributed by atoms with E-state index >= 15 is 0 Å². The lowest BCUT2D eigenvalue weighted by Crippen LogP contribution is -2.81. The Morgan fingerprint density at radius 3 is 2.85 bits per heavy atom. The van der Waals surface area contributed by atoms with Gasteiger partial charge in [0.15, 0.2) is 11.5 Å². The van der Waals surface area contributed by atoms with Gasteiger partial charge in [0.05, 0.1) is 11.0 Å². The van der Waals surface area contributed by atoms with E-state index < -0.39 is 16.6 Å². The van der Waals surface area contributed by atoms with Gasteiger partial charge in [0.2, 0.25) is 0 Å². The van der Waals surface area contributed by atoms with Gasteiger partial charge in [-0.05, 0) is 69.5 Å². The van der Waals surface area contributed by atoms with Gasteiger partial charge in [-0.3, -0.25) is 4.90 Å². The van der Waals surface area contributed by atoms with Crippen LogP contribution >= 0.6 is 0 Å². The molecular weight excluding hydrogens is 328 g/mol. The zero-order valence-electron chi connectivity index (χ0n) is 15.4. The lowest BCUT2D eigenvalue weighted by molar-refractivity contribution is -0.216. The van der Waals surface area contributed by atoms with Crippen molar-refractivity contribution in [2.75, 3.05) is 13.1 Å². The van der Waals surface area contributed by atoms with Gasteiger partial charge in [0, 0.05) is 24.2 Å². The number of hydrogen-bond donors (Lipinski definition) is 3. The molecule has 5 heteroatoms. The molecule has 1 aromatic carbocycles. The first kappa shape index (κ1) is 15.7. The summed E-state index contributed by atoms with van der Waals surface area (Å²) in [5.74, 6) is 1.57. The van der Waals surface area contributed by atoms with Gasteiger partial charge >= 0.3 is 0 Å². The van der Waals surface area contributed by atoms with Crippen LogP contribution in [0.4, 0.5) is 0 Å². The van der Waals surface area contributed by atoms with E-state index in [0.717, 1.165) is 43.8 Å². The second kappa shape index (κ2) is 4.57. The Morgan fingerprint density at radius 1 is 1.27 bits per heavy atom. The summed E-state index contributed by atoms with van der Waals surface area (Å²) >= 11 is 0. The number of nitrogens with two attached hydrogens (primary N) is 1. The fourth-order valence-corrected chi connectivity index (χ4v) is 6.97. The van der Waals surface area contributed by atoms with Crippen LogP contribution in [-0.4, -0.2) is 51.5 Å². The van der Waals surface area contributed by atoms with Crippen LogP contribution in [0.1, 0.15) is 50.2 Å². The van der Waals surface area contributed by atoms with E-state index in [1.165, 1.54) is 18.4 Å². The molecule has 2 aliphatic heterocycles. The summed E-state index contributed by atoms with van der Waals surface area (Å²) in [7, 11) is 0. The molecule has 1 aromatic rings. The fraction of sp³-hybridized carbons (Fsp3) is 0.714. The summed E-state index contributed by atoms with van der Waals surface area (Å²) in [5.41, 5.74) is 6.87. The lowest BCUT2D eigenvalue weighted by Gasteiger charge is -2.67. The Bertz CT molecular complexity index is 809. The van der Waals surface area contributed by atoms with Crippen molar-refractivity contribution in [2.45, 2.75) is 74.1 Å². The second-order valence-electron chi connectivity index (χ2n) is 9.54. The normalized spacial score (nSPS) is 46.0.